The van der Waals surface area contributed by atoms with Gasteiger partial charge in [0, 0.05) is 5.33 Å². The van der Waals surface area contributed by atoms with Gasteiger partial charge in [-0.25, -0.2) is 4.98 Å². The Morgan fingerprint density at radius 1 is 1.64 bits per heavy atom. The second-order valence-corrected chi connectivity index (χ2v) is 3.59. The van der Waals surface area contributed by atoms with Crippen molar-refractivity contribution in [3.05, 3.63) is 17.8 Å². The number of carbonyl (C=O) groups is 1. The Morgan fingerprint density at radius 3 is 3.14 bits per heavy atom. The predicted octanol–water partition coefficient (Wildman–Crippen LogP) is 1.70. The van der Waals surface area contributed by atoms with Crippen LogP contribution < -0.4 is 10.1 Å². The van der Waals surface area contributed by atoms with Gasteiger partial charge in [0.2, 0.25) is 0 Å². The minimum atomic E-state index is -0.445. The third kappa shape index (κ3) is 1.59. The fourth-order valence-electron chi connectivity index (χ4n) is 1.21. The average molecular weight is 257 g/mol. The van der Waals surface area contributed by atoms with E-state index >= 15 is 0 Å². The van der Waals surface area contributed by atoms with E-state index in [0.29, 0.717) is 16.9 Å². The molecule has 0 saturated carbocycles. The van der Waals surface area contributed by atoms with Gasteiger partial charge >= 0.3 is 0 Å². The lowest BCUT2D eigenvalue weighted by atomic mass is 10.3. The molecule has 4 nitrogen and oxygen atoms in total. The van der Waals surface area contributed by atoms with Gasteiger partial charge in [-0.15, -0.1) is 0 Å². The van der Waals surface area contributed by atoms with Crippen molar-refractivity contribution in [1.82, 2.24) is 4.98 Å². The molecule has 0 bridgehead atoms. The van der Waals surface area contributed by atoms with Gasteiger partial charge in [0.05, 0.1) is 5.69 Å². The van der Waals surface area contributed by atoms with Crippen molar-refractivity contribution in [2.75, 3.05) is 5.32 Å². The van der Waals surface area contributed by atoms with Crippen LogP contribution in [0.25, 0.3) is 0 Å². The normalized spacial score (nSPS) is 19.6. The number of nitrogens with one attached hydrogen (secondary N) is 1. The summed E-state index contributed by atoms with van der Waals surface area (Å²) in [4.78, 5) is 15.5. The number of rotatable bonds is 1. The number of amides is 1. The van der Waals surface area contributed by atoms with E-state index < -0.39 is 6.10 Å². The molecule has 1 aromatic rings. The molecule has 1 atom stereocenters. The van der Waals surface area contributed by atoms with Gasteiger partial charge in [0.25, 0.3) is 5.91 Å². The van der Waals surface area contributed by atoms with Crippen molar-refractivity contribution in [2.45, 2.75) is 18.4 Å². The number of hydrogen-bond acceptors (Lipinski definition) is 3. The van der Waals surface area contributed by atoms with E-state index in [-0.39, 0.29) is 5.91 Å². The molecule has 1 amide bonds. The Hall–Kier alpha value is -1.10. The fraction of sp³-hybridized carbons (Fsp3) is 0.333. The van der Waals surface area contributed by atoms with Crippen molar-refractivity contribution < 1.29 is 9.53 Å². The molecular weight excluding hydrogens is 248 g/mol. The highest BCUT2D eigenvalue weighted by molar-refractivity contribution is 9.08. The van der Waals surface area contributed by atoms with Gasteiger partial charge in [0.1, 0.15) is 0 Å². The Bertz CT molecular complexity index is 381. The first-order valence-corrected chi connectivity index (χ1v) is 5.36. The van der Waals surface area contributed by atoms with Crippen LogP contribution in [0.15, 0.2) is 12.1 Å². The minimum Gasteiger partial charge on any atom is -0.477 e. The molecule has 0 aromatic carbocycles. The molecular formula is C9H9BrN2O2. The Morgan fingerprint density at radius 2 is 2.43 bits per heavy atom. The van der Waals surface area contributed by atoms with E-state index in [4.69, 9.17) is 4.74 Å². The van der Waals surface area contributed by atoms with Crippen LogP contribution in [0.4, 0.5) is 5.82 Å². The Labute approximate surface area is 89.8 Å². The van der Waals surface area contributed by atoms with Gasteiger partial charge in [-0.3, -0.25) is 4.79 Å². The van der Waals surface area contributed by atoms with Crippen molar-refractivity contribution in [3.63, 3.8) is 0 Å². The number of anilines is 1. The van der Waals surface area contributed by atoms with Crippen LogP contribution in [0.5, 0.6) is 5.75 Å². The number of pyridine rings is 1. The topological polar surface area (TPSA) is 51.2 Å². The third-order valence-electron chi connectivity index (χ3n) is 1.97. The van der Waals surface area contributed by atoms with Gasteiger partial charge in [-0.1, -0.05) is 15.9 Å². The molecule has 0 spiro atoms. The van der Waals surface area contributed by atoms with E-state index in [1.54, 1.807) is 6.92 Å². The molecule has 1 aromatic heterocycles. The predicted molar refractivity (Wildman–Crippen MR) is 55.6 cm³/mol. The lowest BCUT2D eigenvalue weighted by molar-refractivity contribution is -0.122. The van der Waals surface area contributed by atoms with E-state index in [1.165, 1.54) is 0 Å². The SMILES string of the molecule is CC1Oc2ccc(CBr)nc2NC1=O. The lowest BCUT2D eigenvalue weighted by Gasteiger charge is -2.22. The molecule has 0 saturated heterocycles. The van der Waals surface area contributed by atoms with E-state index in [2.05, 4.69) is 26.2 Å². The first-order chi connectivity index (χ1) is 6.70. The molecule has 14 heavy (non-hydrogen) atoms. The monoisotopic (exact) mass is 256 g/mol. The molecule has 5 heteroatoms. The highest BCUT2D eigenvalue weighted by atomic mass is 79.9. The Balaban J connectivity index is 2.37. The minimum absolute atomic E-state index is 0.156. The number of nitrogens with zero attached hydrogens (tertiary/aromatic N) is 1. The van der Waals surface area contributed by atoms with Crippen LogP contribution in [0.3, 0.4) is 0 Å². The third-order valence-corrected chi connectivity index (χ3v) is 2.54. The zero-order chi connectivity index (χ0) is 10.1. The van der Waals surface area contributed by atoms with E-state index in [0.717, 1.165) is 5.69 Å². The smallest absolute Gasteiger partial charge is 0.266 e. The van der Waals surface area contributed by atoms with Crippen LogP contribution in [-0.4, -0.2) is 17.0 Å². The summed E-state index contributed by atoms with van der Waals surface area (Å²) in [5.74, 6) is 0.976. The Kier molecular flexibility index (Phi) is 2.41. The molecule has 0 fully saturated rings. The lowest BCUT2D eigenvalue weighted by Crippen LogP contribution is -2.34. The average Bonchev–Trinajstić information content (AvgIpc) is 2.19. The maximum Gasteiger partial charge on any atom is 0.266 e. The summed E-state index contributed by atoms with van der Waals surface area (Å²) in [5, 5.41) is 3.35. The second kappa shape index (κ2) is 3.57. The van der Waals surface area contributed by atoms with Crippen molar-refractivity contribution >= 4 is 27.7 Å². The number of ether oxygens (including phenoxy) is 1. The second-order valence-electron chi connectivity index (χ2n) is 3.03. The van der Waals surface area contributed by atoms with Gasteiger partial charge < -0.3 is 10.1 Å². The standard InChI is InChI=1S/C9H9BrN2O2/c1-5-9(13)12-8-7(14-5)3-2-6(4-10)11-8/h2-3,5H,4H2,1H3,(H,11,12,13). The van der Waals surface area contributed by atoms with Crippen LogP contribution in [0, 0.1) is 0 Å². The zero-order valence-corrected chi connectivity index (χ0v) is 9.17. The van der Waals surface area contributed by atoms with Crippen molar-refractivity contribution in [1.29, 1.82) is 0 Å². The maximum atomic E-state index is 11.3. The number of alkyl halides is 1. The summed E-state index contributed by atoms with van der Waals surface area (Å²) in [6.45, 7) is 1.71. The highest BCUT2D eigenvalue weighted by Gasteiger charge is 2.24. The molecule has 1 N–H and O–H groups in total. The quantitative estimate of drug-likeness (QED) is 0.779. The molecule has 2 heterocycles. The summed E-state index contributed by atoms with van der Waals surface area (Å²) in [6.07, 6.45) is -0.445. The summed E-state index contributed by atoms with van der Waals surface area (Å²) >= 11 is 3.30. The van der Waals surface area contributed by atoms with Crippen LogP contribution >= 0.6 is 15.9 Å². The maximum absolute atomic E-state index is 11.3. The van der Waals surface area contributed by atoms with E-state index in [9.17, 15) is 4.79 Å². The van der Waals surface area contributed by atoms with Crippen LogP contribution in [-0.2, 0) is 10.1 Å². The molecule has 1 aliphatic heterocycles. The number of halogens is 1. The summed E-state index contributed by atoms with van der Waals surface area (Å²) in [5.41, 5.74) is 0.863. The summed E-state index contributed by atoms with van der Waals surface area (Å²) < 4.78 is 5.35. The van der Waals surface area contributed by atoms with Gasteiger partial charge in [-0.05, 0) is 19.1 Å². The van der Waals surface area contributed by atoms with Crippen molar-refractivity contribution in [3.8, 4) is 5.75 Å². The number of aromatic nitrogens is 1. The fourth-order valence-corrected chi connectivity index (χ4v) is 1.52. The first-order valence-electron chi connectivity index (χ1n) is 4.24. The molecule has 0 radical (unpaired) electrons. The first kappa shape index (κ1) is 9.45. The summed E-state index contributed by atoms with van der Waals surface area (Å²) in [6, 6.07) is 3.67. The van der Waals surface area contributed by atoms with Gasteiger partial charge in [0.15, 0.2) is 17.7 Å². The number of carbonyl (C=O) groups excluding carboxylic acids is 1. The highest BCUT2D eigenvalue weighted by Crippen LogP contribution is 2.27. The number of fused-ring (bicyclic) bond motifs is 1. The summed E-state index contributed by atoms with van der Waals surface area (Å²) in [7, 11) is 0. The molecule has 0 aliphatic carbocycles. The molecule has 1 aliphatic rings. The number of hydrogen-bond donors (Lipinski definition) is 1. The van der Waals surface area contributed by atoms with Gasteiger partial charge in [-0.2, -0.15) is 0 Å². The molecule has 2 rings (SSSR count). The zero-order valence-electron chi connectivity index (χ0n) is 7.58. The van der Waals surface area contributed by atoms with Crippen molar-refractivity contribution in [2.24, 2.45) is 0 Å². The molecule has 74 valence electrons. The van der Waals surface area contributed by atoms with Crippen LogP contribution in [0.2, 0.25) is 0 Å². The molecule has 1 unspecified atom stereocenters. The largest absolute Gasteiger partial charge is 0.477 e. The van der Waals surface area contributed by atoms with E-state index in [1.807, 2.05) is 12.1 Å². The van der Waals surface area contributed by atoms with Crippen LogP contribution in [0.1, 0.15) is 12.6 Å².